The van der Waals surface area contributed by atoms with E-state index in [2.05, 4.69) is 19.2 Å². The van der Waals surface area contributed by atoms with Crippen LogP contribution < -0.4 is 5.32 Å². The number of rotatable bonds is 5. The zero-order valence-corrected chi connectivity index (χ0v) is 10.8. The van der Waals surface area contributed by atoms with Crippen LogP contribution in [0, 0.1) is 11.7 Å². The van der Waals surface area contributed by atoms with Gasteiger partial charge in [-0.2, -0.15) is 0 Å². The Bertz CT molecular complexity index is 341. The predicted molar refractivity (Wildman–Crippen MR) is 67.3 cm³/mol. The van der Waals surface area contributed by atoms with Gasteiger partial charge in [0, 0.05) is 16.6 Å². The molecule has 1 nitrogen and oxygen atoms in total. The summed E-state index contributed by atoms with van der Waals surface area (Å²) in [6.07, 6.45) is 1.01. The molecule has 0 aliphatic rings. The maximum absolute atomic E-state index is 13.8. The van der Waals surface area contributed by atoms with Crippen LogP contribution in [0.15, 0.2) is 18.2 Å². The van der Waals surface area contributed by atoms with Crippen molar-refractivity contribution in [1.82, 2.24) is 5.32 Å². The SMILES string of the molecule is CCNC(c1ccc(Cl)cc1F)C(C)CC. The van der Waals surface area contributed by atoms with Crippen LogP contribution >= 0.6 is 11.6 Å². The highest BCUT2D eigenvalue weighted by atomic mass is 35.5. The molecular weight excluding hydrogens is 225 g/mol. The average Bonchev–Trinajstić information content (AvgIpc) is 2.26. The molecule has 16 heavy (non-hydrogen) atoms. The first-order valence-corrected chi connectivity index (χ1v) is 6.16. The summed E-state index contributed by atoms with van der Waals surface area (Å²) in [5.74, 6) is 0.175. The van der Waals surface area contributed by atoms with Crippen molar-refractivity contribution >= 4 is 11.6 Å². The first-order chi connectivity index (χ1) is 7.60. The summed E-state index contributed by atoms with van der Waals surface area (Å²) in [4.78, 5) is 0. The molecule has 2 atom stereocenters. The van der Waals surface area contributed by atoms with E-state index in [1.54, 1.807) is 12.1 Å². The van der Waals surface area contributed by atoms with Crippen molar-refractivity contribution in [1.29, 1.82) is 0 Å². The maximum Gasteiger partial charge on any atom is 0.129 e. The van der Waals surface area contributed by atoms with E-state index in [9.17, 15) is 4.39 Å². The molecule has 0 amide bonds. The van der Waals surface area contributed by atoms with Crippen molar-refractivity contribution in [3.05, 3.63) is 34.6 Å². The normalized spacial score (nSPS) is 14.8. The lowest BCUT2D eigenvalue weighted by Gasteiger charge is -2.24. The van der Waals surface area contributed by atoms with E-state index in [1.807, 2.05) is 6.92 Å². The van der Waals surface area contributed by atoms with Gasteiger partial charge in [0.1, 0.15) is 5.82 Å². The van der Waals surface area contributed by atoms with Gasteiger partial charge >= 0.3 is 0 Å². The lowest BCUT2D eigenvalue weighted by Crippen LogP contribution is -2.27. The molecule has 3 heteroatoms. The molecule has 0 fully saturated rings. The Labute approximate surface area is 102 Å². The van der Waals surface area contributed by atoms with Crippen molar-refractivity contribution in [2.24, 2.45) is 5.92 Å². The standard InChI is InChI=1S/C13H19ClFN/c1-4-9(3)13(16-5-2)11-7-6-10(14)8-12(11)15/h6-9,13,16H,4-5H2,1-3H3. The summed E-state index contributed by atoms with van der Waals surface area (Å²) in [5.41, 5.74) is 0.709. The molecule has 0 aliphatic carbocycles. The van der Waals surface area contributed by atoms with Crippen molar-refractivity contribution in [2.75, 3.05) is 6.54 Å². The first kappa shape index (κ1) is 13.5. The van der Waals surface area contributed by atoms with Crippen LogP contribution in [0.3, 0.4) is 0 Å². The third-order valence-corrected chi connectivity index (χ3v) is 3.17. The van der Waals surface area contributed by atoms with E-state index >= 15 is 0 Å². The van der Waals surface area contributed by atoms with Gasteiger partial charge in [-0.25, -0.2) is 4.39 Å². The van der Waals surface area contributed by atoms with Gasteiger partial charge in [-0.05, 0) is 24.6 Å². The molecule has 0 radical (unpaired) electrons. The van der Waals surface area contributed by atoms with Crippen molar-refractivity contribution in [3.63, 3.8) is 0 Å². The van der Waals surface area contributed by atoms with Gasteiger partial charge < -0.3 is 5.32 Å². The second-order valence-corrected chi connectivity index (χ2v) is 4.52. The van der Waals surface area contributed by atoms with Gasteiger partial charge in [-0.3, -0.25) is 0 Å². The molecule has 0 saturated carbocycles. The molecule has 2 unspecified atom stereocenters. The molecule has 1 rings (SSSR count). The molecule has 1 N–H and O–H groups in total. The van der Waals surface area contributed by atoms with E-state index in [0.717, 1.165) is 13.0 Å². The Balaban J connectivity index is 3.00. The van der Waals surface area contributed by atoms with Crippen molar-refractivity contribution in [2.45, 2.75) is 33.2 Å². The lowest BCUT2D eigenvalue weighted by molar-refractivity contribution is 0.372. The van der Waals surface area contributed by atoms with Gasteiger partial charge in [0.25, 0.3) is 0 Å². The number of nitrogens with one attached hydrogen (secondary N) is 1. The zero-order chi connectivity index (χ0) is 12.1. The number of hydrogen-bond donors (Lipinski definition) is 1. The highest BCUT2D eigenvalue weighted by molar-refractivity contribution is 6.30. The van der Waals surface area contributed by atoms with E-state index in [4.69, 9.17) is 11.6 Å². The third kappa shape index (κ3) is 3.19. The lowest BCUT2D eigenvalue weighted by atomic mass is 9.92. The molecular formula is C13H19ClFN. The van der Waals surface area contributed by atoms with Gasteiger partial charge in [0.15, 0.2) is 0 Å². The highest BCUT2D eigenvalue weighted by Gasteiger charge is 2.20. The average molecular weight is 244 g/mol. The van der Waals surface area contributed by atoms with Crippen molar-refractivity contribution < 1.29 is 4.39 Å². The predicted octanol–water partition coefficient (Wildman–Crippen LogP) is 4.18. The second kappa shape index (κ2) is 6.21. The smallest absolute Gasteiger partial charge is 0.129 e. The van der Waals surface area contributed by atoms with Crippen LogP contribution in [0.25, 0.3) is 0 Å². The number of benzene rings is 1. The van der Waals surface area contributed by atoms with Crippen LogP contribution in [-0.4, -0.2) is 6.54 Å². The van der Waals surface area contributed by atoms with E-state index in [0.29, 0.717) is 16.5 Å². The Morgan fingerprint density at radius 2 is 2.06 bits per heavy atom. The minimum atomic E-state index is -0.223. The molecule has 90 valence electrons. The van der Waals surface area contributed by atoms with E-state index in [1.165, 1.54) is 6.07 Å². The fourth-order valence-corrected chi connectivity index (χ4v) is 1.99. The zero-order valence-electron chi connectivity index (χ0n) is 10.1. The molecule has 0 aliphatic heterocycles. The Morgan fingerprint density at radius 1 is 1.38 bits per heavy atom. The summed E-state index contributed by atoms with van der Waals surface area (Å²) in [6.45, 7) is 7.10. The summed E-state index contributed by atoms with van der Waals surface area (Å²) in [6, 6.07) is 4.96. The topological polar surface area (TPSA) is 12.0 Å². The molecule has 0 heterocycles. The molecule has 1 aromatic rings. The van der Waals surface area contributed by atoms with Crippen molar-refractivity contribution in [3.8, 4) is 0 Å². The summed E-state index contributed by atoms with van der Waals surface area (Å²) in [7, 11) is 0. The Kier molecular flexibility index (Phi) is 5.23. The number of hydrogen-bond acceptors (Lipinski definition) is 1. The van der Waals surface area contributed by atoms with E-state index < -0.39 is 0 Å². The molecule has 0 aromatic heterocycles. The minimum Gasteiger partial charge on any atom is -0.310 e. The van der Waals surface area contributed by atoms with Crippen LogP contribution in [0.4, 0.5) is 4.39 Å². The maximum atomic E-state index is 13.8. The Hall–Kier alpha value is -0.600. The van der Waals surface area contributed by atoms with Gasteiger partial charge in [0.05, 0.1) is 0 Å². The molecule has 0 spiro atoms. The highest BCUT2D eigenvalue weighted by Crippen LogP contribution is 2.27. The van der Waals surface area contributed by atoms with Gasteiger partial charge in [-0.15, -0.1) is 0 Å². The van der Waals surface area contributed by atoms with Crippen LogP contribution in [0.1, 0.15) is 38.8 Å². The quantitative estimate of drug-likeness (QED) is 0.818. The monoisotopic (exact) mass is 243 g/mol. The summed E-state index contributed by atoms with van der Waals surface area (Å²) in [5, 5.41) is 3.77. The third-order valence-electron chi connectivity index (χ3n) is 2.93. The second-order valence-electron chi connectivity index (χ2n) is 4.09. The molecule has 0 saturated heterocycles. The van der Waals surface area contributed by atoms with Crippen LogP contribution in [-0.2, 0) is 0 Å². The van der Waals surface area contributed by atoms with Gasteiger partial charge in [0.2, 0.25) is 0 Å². The van der Waals surface area contributed by atoms with E-state index in [-0.39, 0.29) is 11.9 Å². The fourth-order valence-electron chi connectivity index (χ4n) is 1.83. The summed E-state index contributed by atoms with van der Waals surface area (Å²) < 4.78 is 13.8. The Morgan fingerprint density at radius 3 is 2.56 bits per heavy atom. The minimum absolute atomic E-state index is 0.0623. The number of halogens is 2. The van der Waals surface area contributed by atoms with Crippen LogP contribution in [0.5, 0.6) is 0 Å². The molecule has 1 aromatic carbocycles. The largest absolute Gasteiger partial charge is 0.310 e. The summed E-state index contributed by atoms with van der Waals surface area (Å²) >= 11 is 5.75. The first-order valence-electron chi connectivity index (χ1n) is 5.78. The van der Waals surface area contributed by atoms with Gasteiger partial charge in [-0.1, -0.05) is 44.9 Å². The fraction of sp³-hybridized carbons (Fsp3) is 0.538. The molecule has 0 bridgehead atoms. The van der Waals surface area contributed by atoms with Crippen LogP contribution in [0.2, 0.25) is 5.02 Å².